The van der Waals surface area contributed by atoms with E-state index in [2.05, 4.69) is 22.0 Å². The minimum absolute atomic E-state index is 0.640. The Bertz CT molecular complexity index is 930. The van der Waals surface area contributed by atoms with Crippen LogP contribution in [-0.2, 0) is 13.1 Å². The van der Waals surface area contributed by atoms with Crippen LogP contribution in [0.4, 0.5) is 0 Å². The van der Waals surface area contributed by atoms with Gasteiger partial charge in [0.25, 0.3) is 0 Å². The van der Waals surface area contributed by atoms with E-state index in [1.807, 2.05) is 42.5 Å². The molecule has 2 heterocycles. The Morgan fingerprint density at radius 1 is 1.14 bits per heavy atom. The largest absolute Gasteiger partial charge is 0.497 e. The van der Waals surface area contributed by atoms with Crippen LogP contribution in [-0.4, -0.2) is 35.3 Å². The highest BCUT2D eigenvalue weighted by molar-refractivity contribution is 5.41. The van der Waals surface area contributed by atoms with E-state index in [1.165, 1.54) is 5.56 Å². The van der Waals surface area contributed by atoms with Crippen molar-refractivity contribution in [3.8, 4) is 11.5 Å². The van der Waals surface area contributed by atoms with E-state index >= 15 is 0 Å². The number of rotatable bonds is 5. The van der Waals surface area contributed by atoms with Crippen LogP contribution in [0.15, 0.2) is 67.0 Å². The first-order valence-corrected chi connectivity index (χ1v) is 9.42. The zero-order valence-electron chi connectivity index (χ0n) is 15.9. The minimum Gasteiger partial charge on any atom is -0.497 e. The molecule has 0 saturated heterocycles. The average molecular weight is 376 g/mol. The summed E-state index contributed by atoms with van der Waals surface area (Å²) in [6.07, 6.45) is 2.70. The topological polar surface area (TPSA) is 54.8 Å². The quantitative estimate of drug-likeness (QED) is 0.738. The van der Waals surface area contributed by atoms with Crippen LogP contribution in [0.5, 0.6) is 11.5 Å². The van der Waals surface area contributed by atoms with E-state index < -0.39 is 6.10 Å². The van der Waals surface area contributed by atoms with Crippen LogP contribution in [0, 0.1) is 0 Å². The molecular weight excluding hydrogens is 352 g/mol. The van der Waals surface area contributed by atoms with Gasteiger partial charge >= 0.3 is 0 Å². The fourth-order valence-corrected chi connectivity index (χ4v) is 3.53. The number of benzene rings is 2. The van der Waals surface area contributed by atoms with E-state index in [9.17, 15) is 5.11 Å². The molecule has 4 rings (SSSR count). The van der Waals surface area contributed by atoms with Crippen LogP contribution in [0.1, 0.15) is 28.4 Å². The van der Waals surface area contributed by atoms with E-state index in [0.29, 0.717) is 6.61 Å². The lowest BCUT2D eigenvalue weighted by Crippen LogP contribution is -2.25. The first-order chi connectivity index (χ1) is 13.7. The van der Waals surface area contributed by atoms with Crippen molar-refractivity contribution in [1.82, 2.24) is 9.88 Å². The predicted molar refractivity (Wildman–Crippen MR) is 107 cm³/mol. The molecule has 144 valence electrons. The van der Waals surface area contributed by atoms with Crippen molar-refractivity contribution in [2.24, 2.45) is 0 Å². The highest BCUT2D eigenvalue weighted by Crippen LogP contribution is 2.30. The van der Waals surface area contributed by atoms with Gasteiger partial charge in [0.2, 0.25) is 0 Å². The Morgan fingerprint density at radius 2 is 2.07 bits per heavy atom. The Labute approximate surface area is 165 Å². The van der Waals surface area contributed by atoms with Gasteiger partial charge in [-0.25, -0.2) is 0 Å². The standard InChI is InChI=1S/C23H24N2O3/c1-27-21-6-2-4-17(12-21)15-25-10-11-28-22-8-7-18(13-20(22)16-25)23(26)19-5-3-9-24-14-19/h2-9,12-14,23,26H,10-11,15-16H2,1H3/t23-/m1/s1. The number of pyridine rings is 1. The molecule has 0 unspecified atom stereocenters. The number of methoxy groups -OCH3 is 1. The Kier molecular flexibility index (Phi) is 5.55. The summed E-state index contributed by atoms with van der Waals surface area (Å²) in [7, 11) is 1.68. The van der Waals surface area contributed by atoms with Crippen LogP contribution in [0.3, 0.4) is 0 Å². The molecule has 2 aromatic carbocycles. The Balaban J connectivity index is 1.54. The molecule has 0 aliphatic carbocycles. The normalized spacial score (nSPS) is 15.2. The number of aromatic nitrogens is 1. The van der Waals surface area contributed by atoms with E-state index in [4.69, 9.17) is 9.47 Å². The molecule has 5 heteroatoms. The van der Waals surface area contributed by atoms with Crippen molar-refractivity contribution in [3.05, 3.63) is 89.2 Å². The first-order valence-electron chi connectivity index (χ1n) is 9.42. The second-order valence-corrected chi connectivity index (χ2v) is 6.97. The van der Waals surface area contributed by atoms with E-state index in [1.54, 1.807) is 19.5 Å². The number of hydrogen-bond donors (Lipinski definition) is 1. The van der Waals surface area contributed by atoms with Gasteiger partial charge < -0.3 is 14.6 Å². The molecule has 1 atom stereocenters. The van der Waals surface area contributed by atoms with Crippen LogP contribution >= 0.6 is 0 Å². The van der Waals surface area contributed by atoms with Gasteiger partial charge in [-0.3, -0.25) is 9.88 Å². The molecule has 1 aromatic heterocycles. The summed E-state index contributed by atoms with van der Waals surface area (Å²) in [5, 5.41) is 10.7. The van der Waals surface area contributed by atoms with Gasteiger partial charge in [-0.2, -0.15) is 0 Å². The zero-order chi connectivity index (χ0) is 19.3. The third kappa shape index (κ3) is 4.16. The van der Waals surface area contributed by atoms with Crippen LogP contribution < -0.4 is 9.47 Å². The van der Waals surface area contributed by atoms with Gasteiger partial charge in [-0.15, -0.1) is 0 Å². The number of nitrogens with zero attached hydrogens (tertiary/aromatic N) is 2. The van der Waals surface area contributed by atoms with Gasteiger partial charge in [-0.1, -0.05) is 24.3 Å². The molecular formula is C23H24N2O3. The fraction of sp³-hybridized carbons (Fsp3) is 0.261. The molecule has 0 spiro atoms. The van der Waals surface area contributed by atoms with Crippen molar-refractivity contribution in [2.45, 2.75) is 19.2 Å². The number of aliphatic hydroxyl groups is 1. The van der Waals surface area contributed by atoms with Gasteiger partial charge in [-0.05, 0) is 41.5 Å². The van der Waals surface area contributed by atoms with Gasteiger partial charge in [0.1, 0.15) is 24.2 Å². The van der Waals surface area contributed by atoms with Crippen molar-refractivity contribution in [3.63, 3.8) is 0 Å². The summed E-state index contributed by atoms with van der Waals surface area (Å²) in [5.74, 6) is 1.75. The number of fused-ring (bicyclic) bond motifs is 1. The summed E-state index contributed by atoms with van der Waals surface area (Å²) < 4.78 is 11.3. The van der Waals surface area contributed by atoms with Crippen molar-refractivity contribution < 1.29 is 14.6 Å². The Morgan fingerprint density at radius 3 is 2.89 bits per heavy atom. The van der Waals surface area contributed by atoms with Gasteiger partial charge in [0.15, 0.2) is 0 Å². The molecule has 28 heavy (non-hydrogen) atoms. The lowest BCUT2D eigenvalue weighted by atomic mass is 10.00. The maximum absolute atomic E-state index is 10.7. The van der Waals surface area contributed by atoms with Crippen molar-refractivity contribution in [2.75, 3.05) is 20.3 Å². The maximum Gasteiger partial charge on any atom is 0.123 e. The SMILES string of the molecule is COc1cccc(CN2CCOc3ccc([C@@H](O)c4cccnc4)cc3C2)c1. The number of hydrogen-bond acceptors (Lipinski definition) is 5. The van der Waals surface area contributed by atoms with Gasteiger partial charge in [0.05, 0.1) is 7.11 Å². The third-order valence-electron chi connectivity index (χ3n) is 5.00. The molecule has 0 saturated carbocycles. The molecule has 0 amide bonds. The van der Waals surface area contributed by atoms with Crippen LogP contribution in [0.25, 0.3) is 0 Å². The van der Waals surface area contributed by atoms with E-state index in [-0.39, 0.29) is 0 Å². The molecule has 3 aromatic rings. The highest BCUT2D eigenvalue weighted by atomic mass is 16.5. The van der Waals surface area contributed by atoms with Crippen LogP contribution in [0.2, 0.25) is 0 Å². The van der Waals surface area contributed by atoms with E-state index in [0.717, 1.165) is 47.8 Å². The summed E-state index contributed by atoms with van der Waals surface area (Å²) in [5.41, 5.74) is 3.92. The fourth-order valence-electron chi connectivity index (χ4n) is 3.53. The Hall–Kier alpha value is -2.89. The molecule has 1 aliphatic heterocycles. The lowest BCUT2D eigenvalue weighted by Gasteiger charge is -2.20. The number of ether oxygens (including phenoxy) is 2. The average Bonchev–Trinajstić information content (AvgIpc) is 2.95. The molecule has 5 nitrogen and oxygen atoms in total. The van der Waals surface area contributed by atoms with Crippen molar-refractivity contribution >= 4 is 0 Å². The summed E-state index contributed by atoms with van der Waals surface area (Å²) in [6.45, 7) is 3.06. The monoisotopic (exact) mass is 376 g/mol. The maximum atomic E-state index is 10.7. The number of aliphatic hydroxyl groups excluding tert-OH is 1. The van der Waals surface area contributed by atoms with Gasteiger partial charge in [0, 0.05) is 43.2 Å². The molecule has 1 N–H and O–H groups in total. The molecule has 0 fully saturated rings. The second-order valence-electron chi connectivity index (χ2n) is 6.97. The second kappa shape index (κ2) is 8.42. The zero-order valence-corrected chi connectivity index (χ0v) is 15.9. The molecule has 0 bridgehead atoms. The molecule has 0 radical (unpaired) electrons. The van der Waals surface area contributed by atoms with Crippen molar-refractivity contribution in [1.29, 1.82) is 0 Å². The predicted octanol–water partition coefficient (Wildman–Crippen LogP) is 3.57. The summed E-state index contributed by atoms with van der Waals surface area (Å²) >= 11 is 0. The summed E-state index contributed by atoms with van der Waals surface area (Å²) in [4.78, 5) is 6.45. The minimum atomic E-state index is -0.700. The first kappa shape index (κ1) is 18.5. The molecule has 1 aliphatic rings. The smallest absolute Gasteiger partial charge is 0.123 e. The third-order valence-corrected chi connectivity index (χ3v) is 5.00. The summed E-state index contributed by atoms with van der Waals surface area (Å²) in [6, 6.07) is 17.8. The highest BCUT2D eigenvalue weighted by Gasteiger charge is 2.19. The lowest BCUT2D eigenvalue weighted by molar-refractivity contribution is 0.218.